The van der Waals surface area contributed by atoms with Crippen LogP contribution in [0.5, 0.6) is 0 Å². The van der Waals surface area contributed by atoms with Gasteiger partial charge in [0.05, 0.1) is 11.4 Å². The molecular formula is C15H14N2S. The van der Waals surface area contributed by atoms with Gasteiger partial charge in [-0.25, -0.2) is 0 Å². The van der Waals surface area contributed by atoms with Gasteiger partial charge in [0.1, 0.15) is 5.00 Å². The van der Waals surface area contributed by atoms with E-state index < -0.39 is 0 Å². The predicted molar refractivity (Wildman–Crippen MR) is 77.9 cm³/mol. The van der Waals surface area contributed by atoms with Crippen LogP contribution in [0, 0.1) is 0 Å². The molecule has 0 atom stereocenters. The number of rotatable bonds is 0. The van der Waals surface area contributed by atoms with E-state index in [2.05, 4.69) is 34.7 Å². The number of nitrogens with one attached hydrogen (secondary N) is 1. The quantitative estimate of drug-likeness (QED) is 0.630. The molecule has 0 amide bonds. The van der Waals surface area contributed by atoms with Gasteiger partial charge in [-0.15, -0.1) is 11.3 Å². The Labute approximate surface area is 110 Å². The summed E-state index contributed by atoms with van der Waals surface area (Å²) < 4.78 is 0. The normalized spacial score (nSPS) is 16.2. The number of thiophene rings is 1. The SMILES string of the molecule is C1=Nc2ccccc2Nc2sc3c(c21)CCCC3. The van der Waals surface area contributed by atoms with Gasteiger partial charge in [0.15, 0.2) is 0 Å². The van der Waals surface area contributed by atoms with E-state index in [1.165, 1.54) is 41.8 Å². The highest BCUT2D eigenvalue weighted by molar-refractivity contribution is 7.16. The zero-order valence-electron chi connectivity index (χ0n) is 10.1. The molecule has 1 aromatic carbocycles. The standard InChI is InChI=1S/C15H14N2S/c1-4-8-14-10(5-1)11-9-16-12-6-2-3-7-13(12)17-15(11)18-14/h2-3,6-7,9,17H,1,4-5,8H2. The number of benzene rings is 1. The molecule has 1 aliphatic heterocycles. The summed E-state index contributed by atoms with van der Waals surface area (Å²) in [5.74, 6) is 0. The minimum Gasteiger partial charge on any atom is -0.345 e. The summed E-state index contributed by atoms with van der Waals surface area (Å²) in [5, 5.41) is 4.83. The van der Waals surface area contributed by atoms with Crippen molar-refractivity contribution in [2.45, 2.75) is 25.7 Å². The minimum absolute atomic E-state index is 1.03. The Kier molecular flexibility index (Phi) is 2.27. The Hall–Kier alpha value is -1.61. The van der Waals surface area contributed by atoms with E-state index in [4.69, 9.17) is 0 Å². The molecule has 0 spiro atoms. The second kappa shape index (κ2) is 3.95. The van der Waals surface area contributed by atoms with Crippen LogP contribution in [0.2, 0.25) is 0 Å². The first-order valence-corrected chi connectivity index (χ1v) is 7.28. The number of fused-ring (bicyclic) bond motifs is 4. The smallest absolute Gasteiger partial charge is 0.102 e. The van der Waals surface area contributed by atoms with Gasteiger partial charge in [-0.1, -0.05) is 12.1 Å². The lowest BCUT2D eigenvalue weighted by Crippen LogP contribution is -2.00. The maximum absolute atomic E-state index is 4.63. The Morgan fingerprint density at radius 2 is 2.00 bits per heavy atom. The van der Waals surface area contributed by atoms with Gasteiger partial charge < -0.3 is 5.32 Å². The third-order valence-corrected chi connectivity index (χ3v) is 4.92. The predicted octanol–water partition coefficient (Wildman–Crippen LogP) is 4.43. The van der Waals surface area contributed by atoms with Gasteiger partial charge in [-0.3, -0.25) is 4.99 Å². The van der Waals surface area contributed by atoms with Crippen molar-refractivity contribution in [1.29, 1.82) is 0 Å². The summed E-state index contributed by atoms with van der Waals surface area (Å²) in [6.07, 6.45) is 7.15. The van der Waals surface area contributed by atoms with Gasteiger partial charge in [0, 0.05) is 16.7 Å². The number of hydrogen-bond acceptors (Lipinski definition) is 3. The molecule has 1 aromatic heterocycles. The van der Waals surface area contributed by atoms with E-state index >= 15 is 0 Å². The van der Waals surface area contributed by atoms with Crippen LogP contribution in [0.1, 0.15) is 28.8 Å². The maximum Gasteiger partial charge on any atom is 0.102 e. The van der Waals surface area contributed by atoms with Crippen molar-refractivity contribution in [2.75, 3.05) is 5.32 Å². The fourth-order valence-corrected chi connectivity index (χ4v) is 4.04. The average molecular weight is 254 g/mol. The van der Waals surface area contributed by atoms with E-state index in [1.807, 2.05) is 17.4 Å². The Morgan fingerprint density at radius 1 is 1.11 bits per heavy atom. The summed E-state index contributed by atoms with van der Waals surface area (Å²) in [4.78, 5) is 6.19. The average Bonchev–Trinajstić information content (AvgIpc) is 2.65. The molecule has 2 heterocycles. The van der Waals surface area contributed by atoms with Crippen LogP contribution in [0.25, 0.3) is 0 Å². The van der Waals surface area contributed by atoms with Crippen molar-refractivity contribution in [3.63, 3.8) is 0 Å². The molecule has 3 heteroatoms. The first-order chi connectivity index (χ1) is 8.92. The lowest BCUT2D eigenvalue weighted by molar-refractivity contribution is 0.696. The lowest BCUT2D eigenvalue weighted by Gasteiger charge is -2.10. The van der Waals surface area contributed by atoms with E-state index in [0.29, 0.717) is 0 Å². The maximum atomic E-state index is 4.63. The van der Waals surface area contributed by atoms with E-state index in [-0.39, 0.29) is 0 Å². The van der Waals surface area contributed by atoms with Crippen LogP contribution in [-0.2, 0) is 12.8 Å². The second-order valence-electron chi connectivity index (χ2n) is 4.85. The summed E-state index contributed by atoms with van der Waals surface area (Å²) in [7, 11) is 0. The van der Waals surface area contributed by atoms with Crippen LogP contribution in [0.15, 0.2) is 29.3 Å². The molecule has 0 bridgehead atoms. The Bertz CT molecular complexity index is 640. The highest BCUT2D eigenvalue weighted by Crippen LogP contribution is 2.41. The molecule has 0 unspecified atom stereocenters. The van der Waals surface area contributed by atoms with E-state index in [0.717, 1.165) is 11.4 Å². The van der Waals surface area contributed by atoms with Crippen molar-refractivity contribution in [1.82, 2.24) is 0 Å². The summed E-state index contributed by atoms with van der Waals surface area (Å²) in [5.41, 5.74) is 5.01. The highest BCUT2D eigenvalue weighted by atomic mass is 32.1. The van der Waals surface area contributed by atoms with Crippen LogP contribution < -0.4 is 5.32 Å². The zero-order valence-corrected chi connectivity index (χ0v) is 10.9. The molecule has 2 aliphatic rings. The molecule has 0 saturated carbocycles. The molecule has 1 aliphatic carbocycles. The van der Waals surface area contributed by atoms with Gasteiger partial charge >= 0.3 is 0 Å². The molecule has 4 rings (SSSR count). The van der Waals surface area contributed by atoms with Gasteiger partial charge in [-0.2, -0.15) is 0 Å². The largest absolute Gasteiger partial charge is 0.345 e. The van der Waals surface area contributed by atoms with Gasteiger partial charge in [0.2, 0.25) is 0 Å². The molecule has 0 fully saturated rings. The fourth-order valence-electron chi connectivity index (χ4n) is 2.77. The summed E-state index contributed by atoms with van der Waals surface area (Å²) in [6, 6.07) is 8.24. The number of aliphatic imine (C=N–C) groups is 1. The monoisotopic (exact) mass is 254 g/mol. The first-order valence-electron chi connectivity index (χ1n) is 6.46. The van der Waals surface area contributed by atoms with E-state index in [9.17, 15) is 0 Å². The van der Waals surface area contributed by atoms with Crippen LogP contribution in [0.3, 0.4) is 0 Å². The highest BCUT2D eigenvalue weighted by Gasteiger charge is 2.21. The fraction of sp³-hybridized carbons (Fsp3) is 0.267. The number of nitrogens with zero attached hydrogens (tertiary/aromatic N) is 1. The molecule has 90 valence electrons. The summed E-state index contributed by atoms with van der Waals surface area (Å²) in [6.45, 7) is 0. The van der Waals surface area contributed by atoms with Gasteiger partial charge in [-0.05, 0) is 43.4 Å². The zero-order chi connectivity index (χ0) is 11.9. The van der Waals surface area contributed by atoms with Crippen molar-refractivity contribution in [2.24, 2.45) is 4.99 Å². The molecule has 18 heavy (non-hydrogen) atoms. The van der Waals surface area contributed by atoms with Crippen molar-refractivity contribution in [3.8, 4) is 0 Å². The topological polar surface area (TPSA) is 24.4 Å². The van der Waals surface area contributed by atoms with Crippen LogP contribution in [0.4, 0.5) is 16.4 Å². The molecular weight excluding hydrogens is 240 g/mol. The van der Waals surface area contributed by atoms with Crippen LogP contribution >= 0.6 is 11.3 Å². The van der Waals surface area contributed by atoms with Gasteiger partial charge in [0.25, 0.3) is 0 Å². The molecule has 0 radical (unpaired) electrons. The summed E-state index contributed by atoms with van der Waals surface area (Å²) >= 11 is 1.91. The third kappa shape index (κ3) is 1.51. The number of para-hydroxylation sites is 2. The molecule has 0 saturated heterocycles. The van der Waals surface area contributed by atoms with Crippen molar-refractivity contribution < 1.29 is 0 Å². The Balaban J connectivity index is 1.88. The molecule has 2 nitrogen and oxygen atoms in total. The number of aryl methyl sites for hydroxylation is 1. The lowest BCUT2D eigenvalue weighted by atomic mass is 9.96. The van der Waals surface area contributed by atoms with Crippen LogP contribution in [-0.4, -0.2) is 6.21 Å². The number of hydrogen-bond donors (Lipinski definition) is 1. The first kappa shape index (κ1) is 10.3. The minimum atomic E-state index is 1.03. The molecule has 2 aromatic rings. The molecule has 1 N–H and O–H groups in total. The van der Waals surface area contributed by atoms with Crippen molar-refractivity contribution in [3.05, 3.63) is 40.3 Å². The number of anilines is 2. The second-order valence-corrected chi connectivity index (χ2v) is 5.96. The van der Waals surface area contributed by atoms with Crippen molar-refractivity contribution >= 4 is 33.9 Å². The third-order valence-electron chi connectivity index (χ3n) is 3.70. The Morgan fingerprint density at radius 3 is 3.00 bits per heavy atom. The van der Waals surface area contributed by atoms with E-state index in [1.54, 1.807) is 4.88 Å².